The number of hydrogen-bond acceptors (Lipinski definition) is 6. The third-order valence-electron chi connectivity index (χ3n) is 2.20. The van der Waals surface area contributed by atoms with Crippen LogP contribution in [0.1, 0.15) is 13.8 Å². The summed E-state index contributed by atoms with van der Waals surface area (Å²) in [5, 5.41) is 0. The van der Waals surface area contributed by atoms with Crippen LogP contribution in [0.3, 0.4) is 0 Å². The van der Waals surface area contributed by atoms with Crippen LogP contribution >= 0.6 is 11.8 Å². The molecule has 5 nitrogen and oxygen atoms in total. The smallest absolute Gasteiger partial charge is 0.326 e. The monoisotopic (exact) mass is 248 g/mol. The molecule has 1 saturated heterocycles. The van der Waals surface area contributed by atoms with Gasteiger partial charge in [-0.3, -0.25) is 9.59 Å². The molecule has 0 bridgehead atoms. The van der Waals surface area contributed by atoms with Crippen LogP contribution in [0, 0.1) is 5.41 Å². The van der Waals surface area contributed by atoms with E-state index in [1.807, 2.05) is 0 Å². The van der Waals surface area contributed by atoms with E-state index in [1.165, 1.54) is 11.8 Å². The predicted octanol–water partition coefficient (Wildman–Crippen LogP) is 0.820. The van der Waals surface area contributed by atoms with E-state index in [1.54, 1.807) is 13.8 Å². The quantitative estimate of drug-likeness (QED) is 0.542. The third kappa shape index (κ3) is 2.68. The van der Waals surface area contributed by atoms with Crippen LogP contribution in [0.5, 0.6) is 0 Å². The number of thioether (sulfide) groups is 1. The molecule has 0 unspecified atom stereocenters. The topological polar surface area (TPSA) is 61.8 Å². The first-order valence-corrected chi connectivity index (χ1v) is 6.32. The van der Waals surface area contributed by atoms with Crippen LogP contribution in [0.15, 0.2) is 0 Å². The van der Waals surface area contributed by atoms with Gasteiger partial charge in [0.15, 0.2) is 5.41 Å². The second kappa shape index (κ2) is 6.10. The summed E-state index contributed by atoms with van der Waals surface area (Å²) in [6.07, 6.45) is 0. The molecule has 0 saturated carbocycles. The van der Waals surface area contributed by atoms with E-state index in [-0.39, 0.29) is 19.8 Å². The minimum atomic E-state index is -1.28. The molecule has 6 heteroatoms. The molecular formula is C10H16O5S. The maximum absolute atomic E-state index is 11.8. The second-order valence-electron chi connectivity index (χ2n) is 3.34. The lowest BCUT2D eigenvalue weighted by molar-refractivity contribution is -0.174. The van der Waals surface area contributed by atoms with Crippen LogP contribution in [0.25, 0.3) is 0 Å². The lowest BCUT2D eigenvalue weighted by atomic mass is 9.91. The van der Waals surface area contributed by atoms with Crippen molar-refractivity contribution < 1.29 is 23.8 Å². The van der Waals surface area contributed by atoms with Crippen molar-refractivity contribution in [1.29, 1.82) is 0 Å². The van der Waals surface area contributed by atoms with E-state index < -0.39 is 17.4 Å². The average molecular weight is 248 g/mol. The van der Waals surface area contributed by atoms with Crippen molar-refractivity contribution in [3.8, 4) is 0 Å². The Morgan fingerprint density at radius 1 is 1.25 bits per heavy atom. The number of rotatable bonds is 4. The summed E-state index contributed by atoms with van der Waals surface area (Å²) in [6, 6.07) is 0. The van der Waals surface area contributed by atoms with Gasteiger partial charge in [-0.25, -0.2) is 0 Å². The van der Waals surface area contributed by atoms with E-state index in [0.29, 0.717) is 11.7 Å². The fourth-order valence-electron chi connectivity index (χ4n) is 1.39. The minimum absolute atomic E-state index is 0.0394. The highest BCUT2D eigenvalue weighted by molar-refractivity contribution is 7.99. The number of carbonyl (C=O) groups is 2. The number of esters is 2. The van der Waals surface area contributed by atoms with E-state index >= 15 is 0 Å². The van der Waals surface area contributed by atoms with Gasteiger partial charge in [-0.05, 0) is 13.8 Å². The Bertz CT molecular complexity index is 240. The van der Waals surface area contributed by atoms with Crippen molar-refractivity contribution in [3.63, 3.8) is 0 Å². The molecule has 0 aromatic rings. The van der Waals surface area contributed by atoms with E-state index in [0.717, 1.165) is 0 Å². The molecule has 1 aliphatic heterocycles. The van der Waals surface area contributed by atoms with Crippen LogP contribution in [0.2, 0.25) is 0 Å². The molecule has 1 rings (SSSR count). The summed E-state index contributed by atoms with van der Waals surface area (Å²) < 4.78 is 15.0. The Hall–Kier alpha value is -0.750. The SMILES string of the molecule is CCOC(=O)C1(C(=O)OCC)COCSC1. The molecule has 1 aliphatic rings. The highest BCUT2D eigenvalue weighted by Crippen LogP contribution is 2.31. The van der Waals surface area contributed by atoms with Gasteiger partial charge >= 0.3 is 11.9 Å². The Balaban J connectivity index is 2.82. The molecule has 0 aromatic carbocycles. The molecule has 1 heterocycles. The zero-order valence-corrected chi connectivity index (χ0v) is 10.3. The van der Waals surface area contributed by atoms with Crippen LogP contribution in [-0.2, 0) is 23.8 Å². The van der Waals surface area contributed by atoms with Crippen molar-refractivity contribution >= 4 is 23.7 Å². The van der Waals surface area contributed by atoms with Gasteiger partial charge in [0, 0.05) is 5.75 Å². The number of ether oxygens (including phenoxy) is 3. The van der Waals surface area contributed by atoms with Gasteiger partial charge in [-0.15, -0.1) is 11.8 Å². The minimum Gasteiger partial charge on any atom is -0.465 e. The Kier molecular flexibility index (Phi) is 5.08. The van der Waals surface area contributed by atoms with Gasteiger partial charge in [0.05, 0.1) is 25.8 Å². The summed E-state index contributed by atoms with van der Waals surface area (Å²) in [6.45, 7) is 3.92. The van der Waals surface area contributed by atoms with Gasteiger partial charge in [0.25, 0.3) is 0 Å². The fourth-order valence-corrected chi connectivity index (χ4v) is 2.34. The summed E-state index contributed by atoms with van der Waals surface area (Å²) >= 11 is 1.39. The van der Waals surface area contributed by atoms with Crippen molar-refractivity contribution in [1.82, 2.24) is 0 Å². The normalized spacial score (nSPS) is 18.9. The van der Waals surface area contributed by atoms with Crippen molar-refractivity contribution in [2.75, 3.05) is 31.5 Å². The molecular weight excluding hydrogens is 232 g/mol. The van der Waals surface area contributed by atoms with Crippen LogP contribution < -0.4 is 0 Å². The lowest BCUT2D eigenvalue weighted by Crippen LogP contribution is -2.49. The van der Waals surface area contributed by atoms with Gasteiger partial charge in [0.1, 0.15) is 0 Å². The van der Waals surface area contributed by atoms with Gasteiger partial charge in [0.2, 0.25) is 0 Å². The third-order valence-corrected chi connectivity index (χ3v) is 3.23. The average Bonchev–Trinajstić information content (AvgIpc) is 2.30. The fraction of sp³-hybridized carbons (Fsp3) is 0.800. The summed E-state index contributed by atoms with van der Waals surface area (Å²) in [5.41, 5.74) is -1.28. The first-order chi connectivity index (χ1) is 7.67. The Labute approximate surface area is 98.8 Å². The van der Waals surface area contributed by atoms with Gasteiger partial charge in [-0.2, -0.15) is 0 Å². The Morgan fingerprint density at radius 2 is 1.81 bits per heavy atom. The van der Waals surface area contributed by atoms with Crippen molar-refractivity contribution in [3.05, 3.63) is 0 Å². The summed E-state index contributed by atoms with van der Waals surface area (Å²) in [4.78, 5) is 23.6. The largest absolute Gasteiger partial charge is 0.465 e. The maximum Gasteiger partial charge on any atom is 0.326 e. The van der Waals surface area contributed by atoms with Crippen molar-refractivity contribution in [2.45, 2.75) is 13.8 Å². The molecule has 1 fully saturated rings. The molecule has 0 amide bonds. The Morgan fingerprint density at radius 3 is 2.19 bits per heavy atom. The molecule has 16 heavy (non-hydrogen) atoms. The summed E-state index contributed by atoms with van der Waals surface area (Å²) in [7, 11) is 0. The first-order valence-electron chi connectivity index (χ1n) is 5.17. The number of hydrogen-bond donors (Lipinski definition) is 0. The molecule has 92 valence electrons. The second-order valence-corrected chi connectivity index (χ2v) is 4.27. The number of carbonyl (C=O) groups excluding carboxylic acids is 2. The first kappa shape index (κ1) is 13.3. The molecule has 0 N–H and O–H groups in total. The zero-order valence-electron chi connectivity index (χ0n) is 9.49. The lowest BCUT2D eigenvalue weighted by Gasteiger charge is -2.31. The molecule has 0 aliphatic carbocycles. The van der Waals surface area contributed by atoms with E-state index in [9.17, 15) is 9.59 Å². The molecule has 0 spiro atoms. The molecule has 0 aromatic heterocycles. The van der Waals surface area contributed by atoms with E-state index in [4.69, 9.17) is 14.2 Å². The standard InChI is InChI=1S/C10H16O5S/c1-3-14-8(11)10(9(12)15-4-2)5-13-7-16-6-10/h3-7H2,1-2H3. The highest BCUT2D eigenvalue weighted by atomic mass is 32.2. The zero-order chi connectivity index (χ0) is 12.0. The van der Waals surface area contributed by atoms with Crippen LogP contribution in [-0.4, -0.2) is 43.5 Å². The predicted molar refractivity (Wildman–Crippen MR) is 59.0 cm³/mol. The van der Waals surface area contributed by atoms with E-state index in [2.05, 4.69) is 0 Å². The van der Waals surface area contributed by atoms with Crippen molar-refractivity contribution in [2.24, 2.45) is 5.41 Å². The molecule has 0 atom stereocenters. The summed E-state index contributed by atoms with van der Waals surface area (Å²) in [5.74, 6) is -0.271. The highest BCUT2D eigenvalue weighted by Gasteiger charge is 2.50. The molecule has 0 radical (unpaired) electrons. The van der Waals surface area contributed by atoms with Gasteiger partial charge in [-0.1, -0.05) is 0 Å². The van der Waals surface area contributed by atoms with Gasteiger partial charge < -0.3 is 14.2 Å². The van der Waals surface area contributed by atoms with Crippen LogP contribution in [0.4, 0.5) is 0 Å². The maximum atomic E-state index is 11.8.